The topological polar surface area (TPSA) is 49.3 Å². The van der Waals surface area contributed by atoms with E-state index in [2.05, 4.69) is 17.4 Å². The van der Waals surface area contributed by atoms with E-state index in [1.165, 1.54) is 5.56 Å². The molecule has 1 aromatic rings. The number of carbonyl (C=O) groups is 1. The van der Waals surface area contributed by atoms with Crippen LogP contribution in [-0.2, 0) is 11.2 Å². The van der Waals surface area contributed by atoms with Crippen molar-refractivity contribution in [2.45, 2.75) is 38.2 Å². The Bertz CT molecular complexity index is 377. The average Bonchev–Trinajstić information content (AvgIpc) is 2.82. The highest BCUT2D eigenvalue weighted by molar-refractivity contribution is 5.79. The lowest BCUT2D eigenvalue weighted by molar-refractivity contribution is -0.127. The third-order valence-electron chi connectivity index (χ3n) is 3.60. The maximum absolute atomic E-state index is 11.8. The van der Waals surface area contributed by atoms with Crippen molar-refractivity contribution >= 4 is 5.91 Å². The first kappa shape index (κ1) is 13.1. The number of nitrogens with one attached hydrogen (secondary N) is 1. The van der Waals surface area contributed by atoms with Crippen LogP contribution in [0.2, 0.25) is 0 Å². The number of amides is 1. The summed E-state index contributed by atoms with van der Waals surface area (Å²) >= 11 is 0. The Balaban J connectivity index is 1.65. The van der Waals surface area contributed by atoms with E-state index >= 15 is 0 Å². The number of hydrogen-bond acceptors (Lipinski definition) is 2. The molecular weight excluding hydrogens is 226 g/mol. The lowest BCUT2D eigenvalue weighted by Crippen LogP contribution is -2.35. The van der Waals surface area contributed by atoms with Gasteiger partial charge in [0.25, 0.3) is 0 Å². The van der Waals surface area contributed by atoms with E-state index in [4.69, 9.17) is 0 Å². The second-order valence-corrected chi connectivity index (χ2v) is 4.98. The van der Waals surface area contributed by atoms with Crippen LogP contribution in [0.15, 0.2) is 30.3 Å². The number of aliphatic hydroxyl groups excluding tert-OH is 1. The fraction of sp³-hybridized carbons (Fsp3) is 0.533. The van der Waals surface area contributed by atoms with E-state index in [0.29, 0.717) is 6.54 Å². The summed E-state index contributed by atoms with van der Waals surface area (Å²) in [5.74, 6) is -0.158. The molecule has 1 aliphatic rings. The van der Waals surface area contributed by atoms with Crippen LogP contribution >= 0.6 is 0 Å². The quantitative estimate of drug-likeness (QED) is 0.781. The predicted molar refractivity (Wildman–Crippen MR) is 71.1 cm³/mol. The molecule has 0 bridgehead atoms. The molecule has 2 atom stereocenters. The largest absolute Gasteiger partial charge is 0.392 e. The predicted octanol–water partition coefficient (Wildman–Crippen LogP) is 1.90. The minimum Gasteiger partial charge on any atom is -0.392 e. The zero-order valence-corrected chi connectivity index (χ0v) is 10.6. The molecule has 0 spiro atoms. The molecule has 18 heavy (non-hydrogen) atoms. The zero-order chi connectivity index (χ0) is 12.8. The average molecular weight is 247 g/mol. The van der Waals surface area contributed by atoms with Gasteiger partial charge in [0, 0.05) is 6.54 Å². The van der Waals surface area contributed by atoms with Gasteiger partial charge in [-0.1, -0.05) is 30.3 Å². The lowest BCUT2D eigenvalue weighted by atomic mass is 10.1. The number of benzene rings is 1. The van der Waals surface area contributed by atoms with Crippen molar-refractivity contribution < 1.29 is 9.90 Å². The zero-order valence-electron chi connectivity index (χ0n) is 10.6. The van der Waals surface area contributed by atoms with Gasteiger partial charge in [-0.15, -0.1) is 0 Å². The van der Waals surface area contributed by atoms with Crippen molar-refractivity contribution in [1.29, 1.82) is 0 Å². The number of aliphatic hydroxyl groups is 1. The molecule has 1 aromatic carbocycles. The maximum Gasteiger partial charge on any atom is 0.225 e. The van der Waals surface area contributed by atoms with E-state index in [1.54, 1.807) is 0 Å². The van der Waals surface area contributed by atoms with Gasteiger partial charge in [-0.05, 0) is 37.7 Å². The third kappa shape index (κ3) is 3.57. The summed E-state index contributed by atoms with van der Waals surface area (Å²) in [6.45, 7) is 0.691. The van der Waals surface area contributed by atoms with Gasteiger partial charge in [0.15, 0.2) is 0 Å². The van der Waals surface area contributed by atoms with Crippen LogP contribution in [0.1, 0.15) is 31.2 Å². The van der Waals surface area contributed by atoms with Gasteiger partial charge >= 0.3 is 0 Å². The highest BCUT2D eigenvalue weighted by Gasteiger charge is 2.30. The Hall–Kier alpha value is -1.35. The van der Waals surface area contributed by atoms with Gasteiger partial charge in [0.1, 0.15) is 0 Å². The van der Waals surface area contributed by atoms with Gasteiger partial charge in [0.2, 0.25) is 5.91 Å². The van der Waals surface area contributed by atoms with Gasteiger partial charge in [-0.3, -0.25) is 4.79 Å². The molecule has 1 fully saturated rings. The molecule has 0 radical (unpaired) electrons. The number of aryl methyl sites for hydroxylation is 1. The summed E-state index contributed by atoms with van der Waals surface area (Å²) in [6.07, 6.45) is 4.04. The number of rotatable bonds is 5. The summed E-state index contributed by atoms with van der Waals surface area (Å²) in [5.41, 5.74) is 1.30. The Morgan fingerprint density at radius 3 is 2.72 bits per heavy atom. The first-order chi connectivity index (χ1) is 8.77. The van der Waals surface area contributed by atoms with Crippen LogP contribution in [0, 0.1) is 5.92 Å². The van der Waals surface area contributed by atoms with Crippen molar-refractivity contribution in [1.82, 2.24) is 5.32 Å². The Labute approximate surface area is 108 Å². The van der Waals surface area contributed by atoms with E-state index < -0.39 is 6.10 Å². The fourth-order valence-corrected chi connectivity index (χ4v) is 2.53. The van der Waals surface area contributed by atoms with Crippen LogP contribution < -0.4 is 5.32 Å². The fourth-order valence-electron chi connectivity index (χ4n) is 2.53. The van der Waals surface area contributed by atoms with E-state index in [1.807, 2.05) is 18.2 Å². The van der Waals surface area contributed by atoms with Crippen molar-refractivity contribution in [3.63, 3.8) is 0 Å². The van der Waals surface area contributed by atoms with Gasteiger partial charge in [0.05, 0.1) is 12.0 Å². The van der Waals surface area contributed by atoms with Gasteiger partial charge in [-0.25, -0.2) is 0 Å². The second kappa shape index (κ2) is 6.55. The third-order valence-corrected chi connectivity index (χ3v) is 3.60. The molecule has 2 rings (SSSR count). The molecule has 0 saturated heterocycles. The monoisotopic (exact) mass is 247 g/mol. The van der Waals surface area contributed by atoms with Crippen molar-refractivity contribution in [2.24, 2.45) is 5.92 Å². The smallest absolute Gasteiger partial charge is 0.225 e. The lowest BCUT2D eigenvalue weighted by Gasteiger charge is -2.14. The molecule has 2 N–H and O–H groups in total. The second-order valence-electron chi connectivity index (χ2n) is 4.98. The van der Waals surface area contributed by atoms with Crippen molar-refractivity contribution in [3.05, 3.63) is 35.9 Å². The first-order valence-electron chi connectivity index (χ1n) is 6.77. The van der Waals surface area contributed by atoms with Crippen LogP contribution in [0.25, 0.3) is 0 Å². The molecule has 0 aromatic heterocycles. The molecule has 1 amide bonds. The van der Waals surface area contributed by atoms with Crippen LogP contribution in [0.3, 0.4) is 0 Å². The molecule has 3 nitrogen and oxygen atoms in total. The van der Waals surface area contributed by atoms with Gasteiger partial charge in [-0.2, -0.15) is 0 Å². The number of hydrogen-bond donors (Lipinski definition) is 2. The SMILES string of the molecule is O=C(NCCCc1ccccc1)C1CCCC1O. The minimum atomic E-state index is -0.431. The molecule has 1 saturated carbocycles. The minimum absolute atomic E-state index is 0.0214. The number of carbonyl (C=O) groups excluding carboxylic acids is 1. The Kier molecular flexibility index (Phi) is 4.76. The van der Waals surface area contributed by atoms with E-state index in [9.17, 15) is 9.90 Å². The van der Waals surface area contributed by atoms with E-state index in [-0.39, 0.29) is 11.8 Å². The molecule has 98 valence electrons. The Morgan fingerprint density at radius 1 is 1.28 bits per heavy atom. The summed E-state index contributed by atoms with van der Waals surface area (Å²) in [4.78, 5) is 11.8. The molecule has 1 aliphatic carbocycles. The van der Waals surface area contributed by atoms with Crippen LogP contribution in [0.4, 0.5) is 0 Å². The van der Waals surface area contributed by atoms with E-state index in [0.717, 1.165) is 32.1 Å². The summed E-state index contributed by atoms with van der Waals surface area (Å²) < 4.78 is 0. The van der Waals surface area contributed by atoms with Crippen LogP contribution in [-0.4, -0.2) is 23.7 Å². The highest BCUT2D eigenvalue weighted by Crippen LogP contribution is 2.25. The molecule has 0 heterocycles. The summed E-state index contributed by atoms with van der Waals surface area (Å²) in [5, 5.41) is 12.6. The first-order valence-corrected chi connectivity index (χ1v) is 6.77. The highest BCUT2D eigenvalue weighted by atomic mass is 16.3. The van der Waals surface area contributed by atoms with Crippen LogP contribution in [0.5, 0.6) is 0 Å². The molecular formula is C15H21NO2. The molecule has 0 aliphatic heterocycles. The van der Waals surface area contributed by atoms with Gasteiger partial charge < -0.3 is 10.4 Å². The maximum atomic E-state index is 11.8. The molecule has 2 unspecified atom stereocenters. The van der Waals surface area contributed by atoms with Crippen molar-refractivity contribution in [3.8, 4) is 0 Å². The molecule has 3 heteroatoms. The standard InChI is InChI=1S/C15H21NO2/c17-14-10-4-9-13(14)15(18)16-11-5-8-12-6-2-1-3-7-12/h1-3,6-7,13-14,17H,4-5,8-11H2,(H,16,18). The summed E-state index contributed by atoms with van der Waals surface area (Å²) in [7, 11) is 0. The normalized spacial score (nSPS) is 22.9. The van der Waals surface area contributed by atoms with Crippen molar-refractivity contribution in [2.75, 3.05) is 6.54 Å². The Morgan fingerprint density at radius 2 is 2.06 bits per heavy atom. The summed E-state index contributed by atoms with van der Waals surface area (Å²) in [6, 6.07) is 10.3.